The van der Waals surface area contributed by atoms with Gasteiger partial charge >= 0.3 is 0 Å². The molecule has 0 aromatic carbocycles. The van der Waals surface area contributed by atoms with Gasteiger partial charge in [0.1, 0.15) is 46.3 Å². The summed E-state index contributed by atoms with van der Waals surface area (Å²) in [5.41, 5.74) is -2.58. The minimum atomic E-state index is -0.335. The molecule has 0 aromatic heterocycles. The maximum Gasteiger partial charge on any atom is 0.142 e. The van der Waals surface area contributed by atoms with Crippen molar-refractivity contribution in [2.75, 3.05) is 0 Å². The lowest BCUT2D eigenvalue weighted by molar-refractivity contribution is -0.146. The van der Waals surface area contributed by atoms with Crippen molar-refractivity contribution in [3.05, 3.63) is 0 Å². The number of hydrogen-bond donors (Lipinski definition) is 0. The van der Waals surface area contributed by atoms with E-state index in [-0.39, 0.29) is 167 Å². The van der Waals surface area contributed by atoms with Gasteiger partial charge in [-0.1, -0.05) is 215 Å². The molecule has 8 nitrogen and oxygen atoms in total. The monoisotopic (exact) mass is 989 g/mol. The summed E-state index contributed by atoms with van der Waals surface area (Å²) < 4.78 is 0. The maximum absolute atomic E-state index is 12.5. The molecule has 4 saturated carbocycles. The van der Waals surface area contributed by atoms with Crippen LogP contribution in [0.4, 0.5) is 0 Å². The molecule has 0 aliphatic heterocycles. The van der Waals surface area contributed by atoms with E-state index in [1.165, 1.54) is 0 Å². The lowest BCUT2D eigenvalue weighted by Gasteiger charge is -2.40. The summed E-state index contributed by atoms with van der Waals surface area (Å²) in [5.74, 6) is 1.81. The van der Waals surface area contributed by atoms with Gasteiger partial charge < -0.3 is 0 Å². The van der Waals surface area contributed by atoms with E-state index in [9.17, 15) is 38.4 Å². The number of ketones is 8. The summed E-state index contributed by atoms with van der Waals surface area (Å²) in [7, 11) is 0. The molecule has 8 heteroatoms. The Bertz CT molecular complexity index is 1630. The molecule has 70 heavy (non-hydrogen) atoms. The molecule has 0 radical (unpaired) electrons. The highest BCUT2D eigenvalue weighted by Crippen LogP contribution is 2.48. The Balaban J connectivity index is -0.000000408. The molecule has 0 spiro atoms. The van der Waals surface area contributed by atoms with Crippen molar-refractivity contribution >= 4 is 46.3 Å². The molecule has 0 amide bonds. The number of Topliss-reactive ketones (excluding diaryl/α,β-unsaturated/α-hetero) is 8. The van der Waals surface area contributed by atoms with Crippen molar-refractivity contribution in [2.45, 2.75) is 260 Å². The Hall–Kier alpha value is -2.64. The van der Waals surface area contributed by atoms with Crippen LogP contribution >= 0.6 is 0 Å². The van der Waals surface area contributed by atoms with E-state index in [1.54, 1.807) is 0 Å². The zero-order valence-electron chi connectivity index (χ0n) is 47.0. The zero-order valence-corrected chi connectivity index (χ0v) is 47.0. The van der Waals surface area contributed by atoms with Crippen molar-refractivity contribution in [2.24, 2.45) is 90.7 Å². The number of carbonyl (C=O) groups excluding carboxylic acids is 8. The van der Waals surface area contributed by atoms with Crippen LogP contribution in [0.5, 0.6) is 0 Å². The topological polar surface area (TPSA) is 137 Å². The van der Waals surface area contributed by atoms with E-state index in [0.29, 0.717) is 0 Å². The zero-order chi connectivity index (χ0) is 52.3. The average molecular weight is 990 g/mol. The normalized spacial score (nSPS) is 24.6. The second kappa shape index (κ2) is 26.5. The highest BCUT2D eigenvalue weighted by atomic mass is 16.2. The fourth-order valence-corrected chi connectivity index (χ4v) is 9.70. The molecule has 0 aromatic rings. The second-order valence-electron chi connectivity index (χ2n) is 28.8. The van der Waals surface area contributed by atoms with Crippen molar-refractivity contribution in [3.8, 4) is 0 Å². The molecule has 4 aliphatic carbocycles. The Kier molecular flexibility index (Phi) is 28.0. The van der Waals surface area contributed by atoms with Crippen LogP contribution in [0.15, 0.2) is 0 Å². The van der Waals surface area contributed by atoms with Gasteiger partial charge in [0.15, 0.2) is 0 Å². The Morgan fingerprint density at radius 2 is 0.343 bits per heavy atom. The second-order valence-corrected chi connectivity index (χ2v) is 28.8. The van der Waals surface area contributed by atoms with Gasteiger partial charge in [0.25, 0.3) is 0 Å². The molecule has 412 valence electrons. The Labute approximate surface area is 433 Å². The smallest absolute Gasteiger partial charge is 0.142 e. The van der Waals surface area contributed by atoms with E-state index in [1.807, 2.05) is 166 Å². The molecule has 8 atom stereocenters. The summed E-state index contributed by atoms with van der Waals surface area (Å²) in [5, 5.41) is 0. The van der Waals surface area contributed by atoms with E-state index >= 15 is 0 Å². The quantitative estimate of drug-likeness (QED) is 0.234. The molecule has 0 heterocycles. The summed E-state index contributed by atoms with van der Waals surface area (Å²) in [4.78, 5) is 97.8. The molecular weight excluding hydrogens is 873 g/mol. The van der Waals surface area contributed by atoms with Crippen LogP contribution in [-0.4, -0.2) is 46.3 Å². The van der Waals surface area contributed by atoms with Gasteiger partial charge in [-0.3, -0.25) is 38.4 Å². The van der Waals surface area contributed by atoms with Crippen molar-refractivity contribution < 1.29 is 38.4 Å². The first-order valence-corrected chi connectivity index (χ1v) is 25.5. The van der Waals surface area contributed by atoms with Crippen molar-refractivity contribution in [3.63, 3.8) is 0 Å². The number of rotatable bonds is 8. The Morgan fingerprint density at radius 3 is 0.486 bits per heavy atom. The lowest BCUT2D eigenvalue weighted by Crippen LogP contribution is -2.46. The van der Waals surface area contributed by atoms with Crippen LogP contribution in [0, 0.1) is 90.7 Å². The molecule has 4 fully saturated rings. The van der Waals surface area contributed by atoms with Crippen molar-refractivity contribution in [1.82, 2.24) is 0 Å². The summed E-state index contributed by atoms with van der Waals surface area (Å²) in [6.45, 7) is 46.6. The van der Waals surface area contributed by atoms with Crippen LogP contribution in [0.1, 0.15) is 260 Å². The summed E-state index contributed by atoms with van der Waals surface area (Å²) in [6, 6.07) is 0. The predicted molar refractivity (Wildman–Crippen MR) is 297 cm³/mol. The van der Waals surface area contributed by atoms with Crippen LogP contribution in [-0.2, 0) is 38.4 Å². The first-order chi connectivity index (χ1) is 29.2. The first kappa shape index (κ1) is 73.9. The molecule has 0 bridgehead atoms. The van der Waals surface area contributed by atoms with Crippen LogP contribution in [0.25, 0.3) is 0 Å². The van der Waals surface area contributed by atoms with Gasteiger partial charge in [0, 0.05) is 90.7 Å². The Morgan fingerprint density at radius 1 is 0.214 bits per heavy atom. The number of carbonyl (C=O) groups is 8. The average Bonchev–Trinajstić information content (AvgIpc) is 3.76. The molecule has 4 rings (SSSR count). The van der Waals surface area contributed by atoms with Crippen LogP contribution < -0.4 is 0 Å². The summed E-state index contributed by atoms with van der Waals surface area (Å²) in [6.07, 6.45) is 9.30. The highest BCUT2D eigenvalue weighted by molar-refractivity contribution is 5.99. The maximum atomic E-state index is 12.5. The third kappa shape index (κ3) is 21.1. The first-order valence-electron chi connectivity index (χ1n) is 25.5. The predicted octanol–water partition coefficient (Wildman–Crippen LogP) is 16.3. The third-order valence-corrected chi connectivity index (χ3v) is 14.0. The molecule has 8 unspecified atom stereocenters. The minimum absolute atomic E-state index is 0. The molecule has 0 N–H and O–H groups in total. The van der Waals surface area contributed by atoms with Gasteiger partial charge in [-0.05, 0) is 44.9 Å². The van der Waals surface area contributed by atoms with Gasteiger partial charge in [-0.25, -0.2) is 0 Å². The van der Waals surface area contributed by atoms with Crippen LogP contribution in [0.2, 0.25) is 0 Å². The van der Waals surface area contributed by atoms with Gasteiger partial charge in [0.2, 0.25) is 0 Å². The molecule has 4 aliphatic rings. The van der Waals surface area contributed by atoms with E-state index < -0.39 is 0 Å². The molecule has 0 saturated heterocycles. The SMILES string of the molecule is C.C.C.C.CC(C)(C)C(=O)C1CC1C(=O)C(C)(C)C.CC(C)(C)C(=O)C1CCC1C(=O)C(C)(C)C.CC(C)(C)C(=O)C1CCCC1C(=O)C(C)(C)C.CC(C)(C)C(=O)C1CCCCC1C(=O)C(C)(C)C. The largest absolute Gasteiger partial charge is 0.299 e. The summed E-state index contributed by atoms with van der Waals surface area (Å²) >= 11 is 0. The van der Waals surface area contributed by atoms with Gasteiger partial charge in [-0.15, -0.1) is 0 Å². The van der Waals surface area contributed by atoms with E-state index in [4.69, 9.17) is 0 Å². The highest BCUT2D eigenvalue weighted by Gasteiger charge is 2.53. The van der Waals surface area contributed by atoms with E-state index in [2.05, 4.69) is 0 Å². The van der Waals surface area contributed by atoms with Gasteiger partial charge in [0.05, 0.1) is 0 Å². The molecular formula is C62H116O8. The lowest BCUT2D eigenvalue weighted by atomic mass is 9.61. The third-order valence-electron chi connectivity index (χ3n) is 14.0. The van der Waals surface area contributed by atoms with Crippen molar-refractivity contribution in [1.29, 1.82) is 0 Å². The fourth-order valence-electron chi connectivity index (χ4n) is 9.70. The van der Waals surface area contributed by atoms with E-state index in [0.717, 1.165) is 64.2 Å². The standard InChI is InChI=1S/C16H28O2.C15H26O2.C14H24O2.C13H22O2.4CH4/c1-15(2,3)13(17)11-9-7-8-10-12(11)14(18)16(4,5)6;1-14(2,3)12(16)10-8-7-9-11(10)13(17)15(4,5)6;1-13(2,3)11(15)9-7-8-10(9)12(16)14(4,5)6;1-12(2,3)10(14)8-7-9(8)11(15)13(4,5)6;;;;/h11-12H,7-10H2,1-6H3;10-11H,7-9H2,1-6H3;9-10H,7-8H2,1-6H3;8-9H,7H2,1-6H3;4*1H4. The minimum Gasteiger partial charge on any atom is -0.299 e. The fraction of sp³-hybridized carbons (Fsp3) is 0.871. The van der Waals surface area contributed by atoms with Gasteiger partial charge in [-0.2, -0.15) is 0 Å². The van der Waals surface area contributed by atoms with Crippen LogP contribution in [0.3, 0.4) is 0 Å². The number of hydrogen-bond acceptors (Lipinski definition) is 8.